The lowest BCUT2D eigenvalue weighted by Gasteiger charge is -2.38. The molecule has 0 spiro atoms. The number of primary sulfonamides is 1. The van der Waals surface area contributed by atoms with Crippen molar-refractivity contribution in [3.63, 3.8) is 0 Å². The number of para-hydroxylation sites is 1. The average molecular weight is 417 g/mol. The third-order valence-corrected chi connectivity index (χ3v) is 6.26. The lowest BCUT2D eigenvalue weighted by molar-refractivity contribution is -0.125. The van der Waals surface area contributed by atoms with Crippen LogP contribution >= 0.6 is 0 Å². The Morgan fingerprint density at radius 2 is 1.66 bits per heavy atom. The first kappa shape index (κ1) is 21.3. The maximum absolute atomic E-state index is 12.5. The van der Waals surface area contributed by atoms with Gasteiger partial charge >= 0.3 is 0 Å². The lowest BCUT2D eigenvalue weighted by atomic mass is 10.1. The summed E-state index contributed by atoms with van der Waals surface area (Å²) in [6, 6.07) is 16.6. The largest absolute Gasteiger partial charge is 0.369 e. The minimum Gasteiger partial charge on any atom is -0.369 e. The molecule has 2 aromatic rings. The summed E-state index contributed by atoms with van der Waals surface area (Å²) in [6.45, 7) is 5.93. The minimum absolute atomic E-state index is 0.0133. The first-order valence-electron chi connectivity index (χ1n) is 9.78. The summed E-state index contributed by atoms with van der Waals surface area (Å²) >= 11 is 0. The number of carbonyl (C=O) groups is 1. The van der Waals surface area contributed by atoms with Gasteiger partial charge < -0.3 is 10.2 Å². The molecule has 1 fully saturated rings. The Labute approximate surface area is 172 Å². The van der Waals surface area contributed by atoms with Crippen molar-refractivity contribution in [1.82, 2.24) is 10.2 Å². The van der Waals surface area contributed by atoms with Gasteiger partial charge in [0.05, 0.1) is 10.9 Å². The number of sulfonamides is 1. The number of nitrogens with one attached hydrogen (secondary N) is 1. The highest BCUT2D eigenvalue weighted by Gasteiger charge is 2.25. The Bertz CT molecular complexity index is 909. The number of piperazine rings is 1. The molecule has 0 saturated carbocycles. The van der Waals surface area contributed by atoms with Crippen LogP contribution < -0.4 is 15.4 Å². The van der Waals surface area contributed by atoms with Crippen molar-refractivity contribution in [3.8, 4) is 0 Å². The molecule has 2 aromatic carbocycles. The van der Waals surface area contributed by atoms with Crippen LogP contribution in [0.4, 0.5) is 5.69 Å². The minimum atomic E-state index is -3.68. The fraction of sp³-hybridized carbons (Fsp3) is 0.381. The summed E-state index contributed by atoms with van der Waals surface area (Å²) in [5.74, 6) is 0.0133. The first-order valence-corrected chi connectivity index (χ1v) is 11.3. The zero-order valence-electron chi connectivity index (χ0n) is 16.6. The number of benzene rings is 2. The maximum Gasteiger partial charge on any atom is 0.238 e. The highest BCUT2D eigenvalue weighted by Crippen LogP contribution is 2.16. The molecule has 1 aliphatic rings. The van der Waals surface area contributed by atoms with Gasteiger partial charge in [-0.2, -0.15) is 0 Å². The fourth-order valence-electron chi connectivity index (χ4n) is 3.50. The highest BCUT2D eigenvalue weighted by molar-refractivity contribution is 7.89. The van der Waals surface area contributed by atoms with Gasteiger partial charge in [0, 0.05) is 38.4 Å². The zero-order chi connectivity index (χ0) is 20.9. The average Bonchev–Trinajstić information content (AvgIpc) is 2.73. The summed E-state index contributed by atoms with van der Waals surface area (Å²) < 4.78 is 22.6. The lowest BCUT2D eigenvalue weighted by Crippen LogP contribution is -2.54. The van der Waals surface area contributed by atoms with Crippen LogP contribution in [0.1, 0.15) is 12.5 Å². The van der Waals surface area contributed by atoms with Gasteiger partial charge in [0.1, 0.15) is 0 Å². The van der Waals surface area contributed by atoms with Gasteiger partial charge in [0.25, 0.3) is 0 Å². The van der Waals surface area contributed by atoms with E-state index in [0.29, 0.717) is 13.0 Å². The third-order valence-electron chi connectivity index (χ3n) is 5.33. The Kier molecular flexibility index (Phi) is 6.89. The summed E-state index contributed by atoms with van der Waals surface area (Å²) in [6.07, 6.45) is 0.630. The van der Waals surface area contributed by atoms with E-state index < -0.39 is 10.0 Å². The van der Waals surface area contributed by atoms with E-state index in [4.69, 9.17) is 5.14 Å². The zero-order valence-corrected chi connectivity index (χ0v) is 17.4. The first-order chi connectivity index (χ1) is 13.8. The number of nitrogens with two attached hydrogens (primary N) is 1. The van der Waals surface area contributed by atoms with Gasteiger partial charge in [-0.3, -0.25) is 9.69 Å². The van der Waals surface area contributed by atoms with E-state index in [1.54, 1.807) is 12.1 Å². The van der Waals surface area contributed by atoms with E-state index in [9.17, 15) is 13.2 Å². The normalized spacial score (nSPS) is 16.4. The fourth-order valence-corrected chi connectivity index (χ4v) is 4.01. The van der Waals surface area contributed by atoms with E-state index in [1.165, 1.54) is 17.8 Å². The molecular formula is C21H28N4O3S. The van der Waals surface area contributed by atoms with Gasteiger partial charge in [0.2, 0.25) is 15.9 Å². The monoisotopic (exact) mass is 416 g/mol. The quantitative estimate of drug-likeness (QED) is 0.707. The van der Waals surface area contributed by atoms with Crippen molar-refractivity contribution in [2.24, 2.45) is 5.14 Å². The van der Waals surface area contributed by atoms with Gasteiger partial charge in [-0.15, -0.1) is 0 Å². The Hall–Kier alpha value is -2.42. The molecule has 1 heterocycles. The number of amides is 1. The molecule has 1 amide bonds. The van der Waals surface area contributed by atoms with Gasteiger partial charge in [0.15, 0.2) is 0 Å². The van der Waals surface area contributed by atoms with Crippen molar-refractivity contribution >= 4 is 21.6 Å². The van der Waals surface area contributed by atoms with Crippen molar-refractivity contribution in [2.45, 2.75) is 24.3 Å². The molecule has 0 aromatic heterocycles. The predicted molar refractivity (Wildman–Crippen MR) is 114 cm³/mol. The predicted octanol–water partition coefficient (Wildman–Crippen LogP) is 1.20. The number of hydrogen-bond acceptors (Lipinski definition) is 5. The number of anilines is 1. The summed E-state index contributed by atoms with van der Waals surface area (Å²) in [5.41, 5.74) is 2.17. The molecule has 0 aliphatic carbocycles. The molecule has 156 valence electrons. The Morgan fingerprint density at radius 1 is 1.03 bits per heavy atom. The topological polar surface area (TPSA) is 95.7 Å². The number of carbonyl (C=O) groups excluding carboxylic acids is 1. The maximum atomic E-state index is 12.5. The van der Waals surface area contributed by atoms with Gasteiger partial charge in [-0.05, 0) is 43.2 Å². The van der Waals surface area contributed by atoms with E-state index in [1.807, 2.05) is 25.1 Å². The standard InChI is InChI=1S/C21H28N4O3S/c1-17(24-13-15-25(16-14-24)19-5-3-2-4-6-19)21(26)23-12-11-18-7-9-20(10-8-18)29(22,27)28/h2-10,17H,11-16H2,1H3,(H,23,26)(H2,22,27,28)/t17-/m1/s1. The van der Waals surface area contributed by atoms with Gasteiger partial charge in [-0.1, -0.05) is 30.3 Å². The number of rotatable bonds is 7. The summed E-state index contributed by atoms with van der Waals surface area (Å²) in [4.78, 5) is 17.1. The van der Waals surface area contributed by atoms with E-state index >= 15 is 0 Å². The third kappa shape index (κ3) is 5.79. The van der Waals surface area contributed by atoms with Crippen LogP contribution in [0.25, 0.3) is 0 Å². The number of nitrogens with zero attached hydrogens (tertiary/aromatic N) is 2. The van der Waals surface area contributed by atoms with Crippen LogP contribution in [0.15, 0.2) is 59.5 Å². The second kappa shape index (κ2) is 9.39. The van der Waals surface area contributed by atoms with Crippen molar-refractivity contribution in [2.75, 3.05) is 37.6 Å². The molecule has 0 unspecified atom stereocenters. The molecule has 0 bridgehead atoms. The van der Waals surface area contributed by atoms with E-state index in [2.05, 4.69) is 27.2 Å². The molecule has 7 nitrogen and oxygen atoms in total. The molecule has 1 atom stereocenters. The van der Waals surface area contributed by atoms with Crippen LogP contribution in [-0.2, 0) is 21.2 Å². The van der Waals surface area contributed by atoms with Crippen molar-refractivity contribution < 1.29 is 13.2 Å². The van der Waals surface area contributed by atoms with Crippen LogP contribution in [-0.4, -0.2) is 58.0 Å². The smallest absolute Gasteiger partial charge is 0.238 e. The van der Waals surface area contributed by atoms with Crippen LogP contribution in [0.3, 0.4) is 0 Å². The molecule has 29 heavy (non-hydrogen) atoms. The van der Waals surface area contributed by atoms with Crippen molar-refractivity contribution in [3.05, 3.63) is 60.2 Å². The summed E-state index contributed by atoms with van der Waals surface area (Å²) in [7, 11) is -3.68. The van der Waals surface area contributed by atoms with Crippen LogP contribution in [0.2, 0.25) is 0 Å². The molecule has 0 radical (unpaired) electrons. The molecule has 3 N–H and O–H groups in total. The molecular weight excluding hydrogens is 388 g/mol. The highest BCUT2D eigenvalue weighted by atomic mass is 32.2. The second-order valence-corrected chi connectivity index (χ2v) is 8.83. The van der Waals surface area contributed by atoms with Crippen LogP contribution in [0, 0.1) is 0 Å². The molecule has 3 rings (SSSR count). The van der Waals surface area contributed by atoms with E-state index in [0.717, 1.165) is 31.7 Å². The molecule has 1 aliphatic heterocycles. The number of hydrogen-bond donors (Lipinski definition) is 2. The van der Waals surface area contributed by atoms with Gasteiger partial charge in [-0.25, -0.2) is 13.6 Å². The van der Waals surface area contributed by atoms with Crippen molar-refractivity contribution in [1.29, 1.82) is 0 Å². The SMILES string of the molecule is C[C@H](C(=O)NCCc1ccc(S(N)(=O)=O)cc1)N1CCN(c2ccccc2)CC1. The Balaban J connectivity index is 1.43. The van der Waals surface area contributed by atoms with E-state index in [-0.39, 0.29) is 16.8 Å². The molecule has 1 saturated heterocycles. The second-order valence-electron chi connectivity index (χ2n) is 7.26. The summed E-state index contributed by atoms with van der Waals surface area (Å²) in [5, 5.41) is 8.08. The van der Waals surface area contributed by atoms with Crippen LogP contribution in [0.5, 0.6) is 0 Å². The Morgan fingerprint density at radius 3 is 2.24 bits per heavy atom. The molecule has 8 heteroatoms.